The highest BCUT2D eigenvalue weighted by molar-refractivity contribution is 14.2. The summed E-state index contributed by atoms with van der Waals surface area (Å²) in [6.45, 7) is 4.17. The predicted octanol–water partition coefficient (Wildman–Crippen LogP) is 3.68. The van der Waals surface area contributed by atoms with Crippen molar-refractivity contribution in [3.63, 3.8) is 0 Å². The molecule has 0 bridgehead atoms. The van der Waals surface area contributed by atoms with Crippen molar-refractivity contribution in [1.29, 1.82) is 0 Å². The monoisotopic (exact) mass is 576 g/mol. The molecule has 5 heteroatoms. The summed E-state index contributed by atoms with van der Waals surface area (Å²) in [5.74, 6) is 0. The van der Waals surface area contributed by atoms with Crippen molar-refractivity contribution in [1.82, 2.24) is 5.32 Å². The molecule has 0 heterocycles. The van der Waals surface area contributed by atoms with Gasteiger partial charge in [0, 0.05) is 0 Å². The van der Waals surface area contributed by atoms with Crippen LogP contribution in [0.3, 0.4) is 0 Å². The molecule has 0 saturated heterocycles. The van der Waals surface area contributed by atoms with Gasteiger partial charge in [0.2, 0.25) is 0 Å². The fraction of sp³-hybridized carbons (Fsp3) is 1.00. The van der Waals surface area contributed by atoms with Gasteiger partial charge >= 0.3 is 0 Å². The molecule has 0 atom stereocenters. The van der Waals surface area contributed by atoms with Gasteiger partial charge in [-0.1, -0.05) is 0 Å². The van der Waals surface area contributed by atoms with E-state index in [4.69, 9.17) is 0 Å². The number of alkyl halides is 4. The number of halogens is 4. The van der Waals surface area contributed by atoms with Gasteiger partial charge in [-0.25, -0.2) is 0 Å². The molecule has 0 aliphatic rings. The summed E-state index contributed by atoms with van der Waals surface area (Å²) in [4.78, 5) is 0. The molecule has 55 valence electrons. The van der Waals surface area contributed by atoms with Gasteiger partial charge in [-0.3, -0.25) is 0 Å². The van der Waals surface area contributed by atoms with Gasteiger partial charge in [0.15, 0.2) is 0 Å². The summed E-state index contributed by atoms with van der Waals surface area (Å²) in [6, 6.07) is 0. The summed E-state index contributed by atoms with van der Waals surface area (Å²) in [6.07, 6.45) is 0. The minimum Gasteiger partial charge on any atom is -0.188 e. The minimum atomic E-state index is 0.0344. The van der Waals surface area contributed by atoms with Crippen molar-refractivity contribution in [3.8, 4) is 0 Å². The van der Waals surface area contributed by atoms with Crippen LogP contribution in [0.2, 0.25) is 0 Å². The van der Waals surface area contributed by atoms with Crippen molar-refractivity contribution in [3.05, 3.63) is 0 Å². The van der Waals surface area contributed by atoms with Crippen LogP contribution in [0.1, 0.15) is 13.8 Å². The molecule has 0 amide bonds. The fourth-order valence-corrected chi connectivity index (χ4v) is 4.12. The molecule has 9 heavy (non-hydrogen) atoms. The molecule has 0 aromatic heterocycles. The van der Waals surface area contributed by atoms with Crippen LogP contribution in [0.5, 0.6) is 0 Å². The van der Waals surface area contributed by atoms with Gasteiger partial charge < -0.3 is 0 Å². The third-order valence-corrected chi connectivity index (χ3v) is 1.36. The first-order valence-corrected chi connectivity index (χ1v) is 6.52. The van der Waals surface area contributed by atoms with E-state index in [1.54, 1.807) is 0 Å². The molecule has 0 aromatic carbocycles. The highest BCUT2D eigenvalue weighted by Gasteiger charge is 2.26. The smallest absolute Gasteiger partial charge is 0.137 e. The van der Waals surface area contributed by atoms with Crippen LogP contribution in [0.25, 0.3) is 0 Å². The van der Waals surface area contributed by atoms with E-state index in [-0.39, 0.29) is 3.10 Å². The first kappa shape index (κ1) is 11.9. The molecule has 0 unspecified atom stereocenters. The SMILES string of the molecule is CC(I)(I)[N]C(C)(I)I. The Labute approximate surface area is 110 Å². The maximum atomic E-state index is 4.49. The van der Waals surface area contributed by atoms with Crippen molar-refractivity contribution >= 4 is 90.4 Å². The molecule has 0 saturated carbocycles. The van der Waals surface area contributed by atoms with Crippen LogP contribution in [0, 0.1) is 0 Å². The van der Waals surface area contributed by atoms with Crippen molar-refractivity contribution in [2.24, 2.45) is 0 Å². The Morgan fingerprint density at radius 3 is 1.11 bits per heavy atom. The lowest BCUT2D eigenvalue weighted by atomic mass is 10.7. The van der Waals surface area contributed by atoms with Gasteiger partial charge in [0.05, 0.1) is 0 Å². The van der Waals surface area contributed by atoms with Crippen LogP contribution in [-0.4, -0.2) is 3.10 Å². The Hall–Kier alpha value is 2.88. The highest BCUT2D eigenvalue weighted by Crippen LogP contribution is 2.34. The third-order valence-electron chi connectivity index (χ3n) is 0.393. The average Bonchev–Trinajstić information content (AvgIpc) is 1.14. The van der Waals surface area contributed by atoms with Gasteiger partial charge in [0.1, 0.15) is 3.10 Å². The number of nitrogens with zero attached hydrogens (tertiary/aromatic N) is 1. The lowest BCUT2D eigenvalue weighted by Crippen LogP contribution is -2.32. The van der Waals surface area contributed by atoms with Gasteiger partial charge in [-0.15, -0.1) is 0 Å². The molecule has 0 aliphatic heterocycles. The number of hydrogen-bond donors (Lipinski definition) is 0. The maximum Gasteiger partial charge on any atom is 0.137 e. The molecule has 0 spiro atoms. The van der Waals surface area contributed by atoms with E-state index >= 15 is 0 Å². The Morgan fingerprint density at radius 1 is 0.889 bits per heavy atom. The fourth-order valence-electron chi connectivity index (χ4n) is 0.345. The van der Waals surface area contributed by atoms with Crippen LogP contribution in [0.4, 0.5) is 0 Å². The van der Waals surface area contributed by atoms with E-state index in [0.29, 0.717) is 0 Å². The number of hydrogen-bond acceptors (Lipinski definition) is 0. The predicted molar refractivity (Wildman–Crippen MR) is 75.0 cm³/mol. The lowest BCUT2D eigenvalue weighted by Gasteiger charge is -2.22. The van der Waals surface area contributed by atoms with E-state index < -0.39 is 0 Å². The minimum absolute atomic E-state index is 0.0344. The quantitative estimate of drug-likeness (QED) is 0.271. The van der Waals surface area contributed by atoms with E-state index in [9.17, 15) is 0 Å². The second-order valence-corrected chi connectivity index (χ2v) is 14.3. The zero-order valence-corrected chi connectivity index (χ0v) is 13.6. The molecule has 0 aliphatic carbocycles. The first-order valence-electron chi connectivity index (χ1n) is 2.20. The Kier molecular flexibility index (Phi) is 5.56. The van der Waals surface area contributed by atoms with Crippen molar-refractivity contribution in [2.45, 2.75) is 17.0 Å². The Balaban J connectivity index is 3.75. The average molecular weight is 576 g/mol. The van der Waals surface area contributed by atoms with E-state index in [2.05, 4.69) is 110 Å². The maximum absolute atomic E-state index is 4.49. The second-order valence-electron chi connectivity index (χ2n) is 1.80. The second kappa shape index (κ2) is 4.21. The van der Waals surface area contributed by atoms with Gasteiger partial charge in [-0.2, -0.15) is 5.32 Å². The molecule has 0 rings (SSSR count). The van der Waals surface area contributed by atoms with Crippen LogP contribution >= 0.6 is 90.4 Å². The topological polar surface area (TPSA) is 14.1 Å². The molecule has 0 fully saturated rings. The first-order chi connectivity index (χ1) is 3.71. The lowest BCUT2D eigenvalue weighted by molar-refractivity contribution is 0.671. The number of rotatable bonds is 2. The van der Waals surface area contributed by atoms with E-state index in [0.717, 1.165) is 0 Å². The summed E-state index contributed by atoms with van der Waals surface area (Å²) in [7, 11) is 0. The zero-order chi connectivity index (χ0) is 7.71. The summed E-state index contributed by atoms with van der Waals surface area (Å²) in [5, 5.41) is 4.49. The van der Waals surface area contributed by atoms with Crippen LogP contribution in [0.15, 0.2) is 0 Å². The Morgan fingerprint density at radius 2 is 1.11 bits per heavy atom. The van der Waals surface area contributed by atoms with Crippen molar-refractivity contribution < 1.29 is 0 Å². The molecule has 1 nitrogen and oxygen atoms in total. The Bertz CT molecular complexity index is 77.7. The van der Waals surface area contributed by atoms with E-state index in [1.165, 1.54) is 0 Å². The summed E-state index contributed by atoms with van der Waals surface area (Å²) < 4.78 is 0.0687. The zero-order valence-electron chi connectivity index (χ0n) is 4.96. The van der Waals surface area contributed by atoms with Gasteiger partial charge in [-0.05, 0) is 104 Å². The standard InChI is InChI=1S/C4H6I4N/c1-3(5,6)9-4(2,7)8/h1-2H3. The molecular weight excluding hydrogens is 570 g/mol. The normalized spacial score (nSPS) is 14.0. The molecule has 0 aromatic rings. The van der Waals surface area contributed by atoms with E-state index in [1.807, 2.05) is 0 Å². The van der Waals surface area contributed by atoms with Crippen LogP contribution in [-0.2, 0) is 0 Å². The third kappa shape index (κ3) is 10.9. The highest BCUT2D eigenvalue weighted by atomic mass is 127. The molecule has 1 radical (unpaired) electrons. The summed E-state index contributed by atoms with van der Waals surface area (Å²) in [5.41, 5.74) is 0. The van der Waals surface area contributed by atoms with Crippen LogP contribution < -0.4 is 5.32 Å². The summed E-state index contributed by atoms with van der Waals surface area (Å²) >= 11 is 9.25. The van der Waals surface area contributed by atoms with Crippen molar-refractivity contribution in [2.75, 3.05) is 0 Å². The van der Waals surface area contributed by atoms with Gasteiger partial charge in [0.25, 0.3) is 0 Å². The molecule has 0 N–H and O–H groups in total. The molecular formula is C4H6I4N. The largest absolute Gasteiger partial charge is 0.188 e.